The topological polar surface area (TPSA) is 0 Å². The van der Waals surface area contributed by atoms with Gasteiger partial charge in [-0.05, 0) is 48.5 Å². The third-order valence-electron chi connectivity index (χ3n) is 4.86. The quantitative estimate of drug-likeness (QED) is 0.447. The smallest absolute Gasteiger partial charge is 0.118 e. The third-order valence-corrected chi connectivity index (χ3v) is 10.1. The van der Waals surface area contributed by atoms with Crippen LogP contribution in [0.1, 0.15) is 0 Å². The molecule has 0 aliphatic heterocycles. The summed E-state index contributed by atoms with van der Waals surface area (Å²) < 4.78 is 0. The molecule has 0 aromatic heterocycles. The van der Waals surface area contributed by atoms with Crippen LogP contribution < -0.4 is 28.3 Å². The summed E-state index contributed by atoms with van der Waals surface area (Å²) in [7, 11) is -1.72. The number of benzene rings is 4. The fourth-order valence-corrected chi connectivity index (χ4v) is 8.25. The summed E-state index contributed by atoms with van der Waals surface area (Å²) >= 11 is 1.86. The minimum absolute atomic E-state index is 0. The van der Waals surface area contributed by atoms with E-state index in [9.17, 15) is 0 Å². The van der Waals surface area contributed by atoms with Gasteiger partial charge >= 0.3 is 0 Å². The molecule has 0 amide bonds. The van der Waals surface area contributed by atoms with Crippen molar-refractivity contribution in [2.75, 3.05) is 6.66 Å². The van der Waals surface area contributed by atoms with Gasteiger partial charge in [-0.25, -0.2) is 0 Å². The van der Waals surface area contributed by atoms with E-state index in [4.69, 9.17) is 0 Å². The fourth-order valence-electron chi connectivity index (χ4n) is 3.41. The number of hydrogen-bond acceptors (Lipinski definition) is 1. The SMILES string of the molecule is C[P+](c1ccccc1)(c1ccccc1)c1ccccc1Sc1ccccc1.[Cl-]. The number of hydrogen-bond donors (Lipinski definition) is 0. The molecule has 0 atom stereocenters. The molecule has 0 fully saturated rings. The second-order valence-electron chi connectivity index (χ2n) is 6.56. The van der Waals surface area contributed by atoms with Gasteiger partial charge in [-0.3, -0.25) is 0 Å². The first-order valence-electron chi connectivity index (χ1n) is 9.09. The molecule has 4 aromatic rings. The Kier molecular flexibility index (Phi) is 6.97. The summed E-state index contributed by atoms with van der Waals surface area (Å²) in [5, 5.41) is 4.27. The summed E-state index contributed by atoms with van der Waals surface area (Å²) in [6.45, 7) is 2.45. The van der Waals surface area contributed by atoms with Crippen LogP contribution in [0.4, 0.5) is 0 Å². The van der Waals surface area contributed by atoms with Crippen LogP contribution in [0.5, 0.6) is 0 Å². The van der Waals surface area contributed by atoms with E-state index in [-0.39, 0.29) is 12.4 Å². The fraction of sp³-hybridized carbons (Fsp3) is 0.0400. The Hall–Kier alpha value is -2.05. The van der Waals surface area contributed by atoms with Crippen LogP contribution in [0.25, 0.3) is 0 Å². The van der Waals surface area contributed by atoms with Crippen molar-refractivity contribution in [3.05, 3.63) is 115 Å². The van der Waals surface area contributed by atoms with Crippen molar-refractivity contribution < 1.29 is 12.4 Å². The Balaban J connectivity index is 0.00000225. The van der Waals surface area contributed by atoms with Crippen molar-refractivity contribution in [3.63, 3.8) is 0 Å². The van der Waals surface area contributed by atoms with Gasteiger partial charge in [0.2, 0.25) is 0 Å². The molecule has 0 spiro atoms. The van der Waals surface area contributed by atoms with Crippen molar-refractivity contribution in [3.8, 4) is 0 Å². The molecule has 0 aliphatic rings. The maximum atomic E-state index is 2.45. The Morgan fingerprint density at radius 2 is 0.964 bits per heavy atom. The maximum Gasteiger partial charge on any atom is 0.118 e. The highest BCUT2D eigenvalue weighted by molar-refractivity contribution is 8.01. The zero-order valence-electron chi connectivity index (χ0n) is 15.7. The number of rotatable bonds is 5. The van der Waals surface area contributed by atoms with Crippen LogP contribution >= 0.6 is 19.0 Å². The average Bonchev–Trinajstić information content (AvgIpc) is 2.75. The molecule has 4 rings (SSSR count). The average molecular weight is 421 g/mol. The molecule has 0 heterocycles. The summed E-state index contributed by atoms with van der Waals surface area (Å²) in [4.78, 5) is 2.62. The predicted octanol–water partition coefficient (Wildman–Crippen LogP) is 2.77. The molecule has 0 nitrogen and oxygen atoms in total. The lowest BCUT2D eigenvalue weighted by atomic mass is 10.3. The van der Waals surface area contributed by atoms with Gasteiger partial charge in [0.15, 0.2) is 0 Å². The van der Waals surface area contributed by atoms with Gasteiger partial charge in [0.05, 0.1) is 11.6 Å². The van der Waals surface area contributed by atoms with Crippen molar-refractivity contribution in [2.45, 2.75) is 9.79 Å². The molecule has 0 bridgehead atoms. The second kappa shape index (κ2) is 9.43. The second-order valence-corrected chi connectivity index (χ2v) is 11.2. The first-order valence-corrected chi connectivity index (χ1v) is 12.1. The van der Waals surface area contributed by atoms with Crippen LogP contribution in [-0.2, 0) is 0 Å². The minimum Gasteiger partial charge on any atom is -1.00 e. The molecule has 0 saturated heterocycles. The highest BCUT2D eigenvalue weighted by atomic mass is 35.5. The lowest BCUT2D eigenvalue weighted by Gasteiger charge is -2.25. The van der Waals surface area contributed by atoms with Crippen LogP contribution in [0.15, 0.2) is 125 Å². The standard InChI is InChI=1S/C25H22PS.ClH/c1-26(21-13-5-2-6-14-21,22-15-7-3-8-16-22)24-19-11-12-20-25(24)27-23-17-9-4-10-18-23;/h2-20H,1H3;1H/q+1;/p-1. The van der Waals surface area contributed by atoms with Crippen molar-refractivity contribution >= 4 is 34.9 Å². The highest BCUT2D eigenvalue weighted by Gasteiger charge is 2.41. The zero-order valence-corrected chi connectivity index (χ0v) is 18.2. The molecule has 0 N–H and O–H groups in total. The molecule has 3 heteroatoms. The lowest BCUT2D eigenvalue weighted by molar-refractivity contribution is -0.00000520. The first-order chi connectivity index (χ1) is 13.3. The van der Waals surface area contributed by atoms with E-state index in [1.807, 2.05) is 11.8 Å². The van der Waals surface area contributed by atoms with Gasteiger partial charge in [-0.2, -0.15) is 0 Å². The normalized spacial score (nSPS) is 10.9. The van der Waals surface area contributed by atoms with E-state index in [2.05, 4.69) is 122 Å². The summed E-state index contributed by atoms with van der Waals surface area (Å²) in [6, 6.07) is 41.5. The molecule has 0 aliphatic carbocycles. The van der Waals surface area contributed by atoms with Crippen molar-refractivity contribution in [1.82, 2.24) is 0 Å². The molecule has 0 saturated carbocycles. The predicted molar refractivity (Wildman–Crippen MR) is 122 cm³/mol. The lowest BCUT2D eigenvalue weighted by Crippen LogP contribution is -3.00. The van der Waals surface area contributed by atoms with E-state index < -0.39 is 7.26 Å². The van der Waals surface area contributed by atoms with Crippen LogP contribution in [-0.4, -0.2) is 6.66 Å². The molecule has 4 aromatic carbocycles. The van der Waals surface area contributed by atoms with Crippen LogP contribution in [0.2, 0.25) is 0 Å². The zero-order chi connectivity index (χ0) is 18.5. The Morgan fingerprint density at radius 1 is 0.536 bits per heavy atom. The largest absolute Gasteiger partial charge is 1.00 e. The van der Waals surface area contributed by atoms with Gasteiger partial charge < -0.3 is 12.4 Å². The molecular formula is C25H22ClPS. The monoisotopic (exact) mass is 420 g/mol. The Morgan fingerprint density at radius 3 is 1.50 bits per heavy atom. The molecule has 140 valence electrons. The first kappa shape index (κ1) is 20.7. The molecule has 0 radical (unpaired) electrons. The van der Waals surface area contributed by atoms with E-state index in [1.54, 1.807) is 0 Å². The Bertz CT molecular complexity index is 965. The van der Waals surface area contributed by atoms with E-state index in [0.29, 0.717) is 0 Å². The van der Waals surface area contributed by atoms with Gasteiger partial charge in [0.1, 0.15) is 23.2 Å². The van der Waals surface area contributed by atoms with Crippen LogP contribution in [0.3, 0.4) is 0 Å². The summed E-state index contributed by atoms with van der Waals surface area (Å²) in [5.74, 6) is 0. The van der Waals surface area contributed by atoms with Crippen molar-refractivity contribution in [2.24, 2.45) is 0 Å². The summed E-state index contributed by atoms with van der Waals surface area (Å²) in [6.07, 6.45) is 0. The highest BCUT2D eigenvalue weighted by Crippen LogP contribution is 2.53. The minimum atomic E-state index is -1.72. The van der Waals surface area contributed by atoms with E-state index >= 15 is 0 Å². The van der Waals surface area contributed by atoms with Gasteiger partial charge in [-0.15, -0.1) is 0 Å². The Labute approximate surface area is 178 Å². The van der Waals surface area contributed by atoms with Gasteiger partial charge in [-0.1, -0.05) is 78.5 Å². The summed E-state index contributed by atoms with van der Waals surface area (Å²) in [5.41, 5.74) is 0. The third kappa shape index (κ3) is 4.18. The van der Waals surface area contributed by atoms with E-state index in [0.717, 1.165) is 0 Å². The molecule has 28 heavy (non-hydrogen) atoms. The van der Waals surface area contributed by atoms with E-state index in [1.165, 1.54) is 25.7 Å². The maximum absolute atomic E-state index is 2.45. The van der Waals surface area contributed by atoms with Gasteiger partial charge in [0, 0.05) is 4.90 Å². The van der Waals surface area contributed by atoms with Crippen molar-refractivity contribution in [1.29, 1.82) is 0 Å². The van der Waals surface area contributed by atoms with Crippen LogP contribution in [0, 0.1) is 0 Å². The van der Waals surface area contributed by atoms with Gasteiger partial charge in [0.25, 0.3) is 0 Å². The molecular weight excluding hydrogens is 399 g/mol. The number of halogens is 1. The molecule has 0 unspecified atom stereocenters.